The Morgan fingerprint density at radius 1 is 1.50 bits per heavy atom. The van der Waals surface area contributed by atoms with Crippen LogP contribution in [0.3, 0.4) is 0 Å². The minimum atomic E-state index is 0.196. The van der Waals surface area contributed by atoms with Crippen LogP contribution in [0.2, 0.25) is 0 Å². The van der Waals surface area contributed by atoms with Crippen LogP contribution < -0.4 is 5.32 Å². The standard InChI is InChI=1S/C10H17NO/c1-2-7-11-10-6-4-3-5-9(10)8-12/h3-4,8-11H,2,5-7H2,1H3. The molecule has 0 aromatic rings. The molecule has 1 rings (SSSR count). The fourth-order valence-electron chi connectivity index (χ4n) is 1.55. The molecule has 0 heterocycles. The van der Waals surface area contributed by atoms with Gasteiger partial charge in [0.1, 0.15) is 6.29 Å². The Labute approximate surface area is 74.0 Å². The average molecular weight is 167 g/mol. The van der Waals surface area contributed by atoms with Gasteiger partial charge in [0.25, 0.3) is 0 Å². The van der Waals surface area contributed by atoms with Gasteiger partial charge < -0.3 is 10.1 Å². The number of aldehydes is 1. The summed E-state index contributed by atoms with van der Waals surface area (Å²) in [5.41, 5.74) is 0. The van der Waals surface area contributed by atoms with E-state index >= 15 is 0 Å². The Morgan fingerprint density at radius 2 is 2.25 bits per heavy atom. The fraction of sp³-hybridized carbons (Fsp3) is 0.700. The minimum Gasteiger partial charge on any atom is -0.313 e. The second-order valence-electron chi connectivity index (χ2n) is 3.30. The zero-order chi connectivity index (χ0) is 8.81. The van der Waals surface area contributed by atoms with Crippen molar-refractivity contribution >= 4 is 6.29 Å². The molecule has 0 aliphatic heterocycles. The Hall–Kier alpha value is -0.630. The maximum Gasteiger partial charge on any atom is 0.124 e. The van der Waals surface area contributed by atoms with Gasteiger partial charge in [0.2, 0.25) is 0 Å². The lowest BCUT2D eigenvalue weighted by Crippen LogP contribution is -2.38. The molecule has 1 N–H and O–H groups in total. The highest BCUT2D eigenvalue weighted by Crippen LogP contribution is 2.16. The normalized spacial score (nSPS) is 28.8. The van der Waals surface area contributed by atoms with Gasteiger partial charge in [-0.2, -0.15) is 0 Å². The smallest absolute Gasteiger partial charge is 0.124 e. The second kappa shape index (κ2) is 5.09. The summed E-state index contributed by atoms with van der Waals surface area (Å²) in [4.78, 5) is 10.7. The Balaban J connectivity index is 2.38. The molecule has 68 valence electrons. The average Bonchev–Trinajstić information content (AvgIpc) is 2.15. The number of allylic oxidation sites excluding steroid dienone is 1. The highest BCUT2D eigenvalue weighted by molar-refractivity contribution is 5.55. The van der Waals surface area contributed by atoms with Gasteiger partial charge in [0.15, 0.2) is 0 Å². The molecule has 0 spiro atoms. The third-order valence-corrected chi connectivity index (χ3v) is 2.31. The molecule has 2 nitrogen and oxygen atoms in total. The van der Waals surface area contributed by atoms with E-state index in [9.17, 15) is 4.79 Å². The van der Waals surface area contributed by atoms with E-state index in [1.165, 1.54) is 0 Å². The van der Waals surface area contributed by atoms with E-state index in [1.54, 1.807) is 0 Å². The third kappa shape index (κ3) is 2.45. The zero-order valence-corrected chi connectivity index (χ0v) is 7.62. The molecule has 2 heteroatoms. The molecular formula is C10H17NO. The quantitative estimate of drug-likeness (QED) is 0.508. The Kier molecular flexibility index (Phi) is 4.01. The van der Waals surface area contributed by atoms with Crippen molar-refractivity contribution in [2.75, 3.05) is 6.54 Å². The van der Waals surface area contributed by atoms with Crippen LogP contribution in [-0.2, 0) is 4.79 Å². The van der Waals surface area contributed by atoms with Crippen molar-refractivity contribution in [2.24, 2.45) is 5.92 Å². The van der Waals surface area contributed by atoms with E-state index in [0.29, 0.717) is 6.04 Å². The summed E-state index contributed by atoms with van der Waals surface area (Å²) in [6.45, 7) is 3.16. The molecule has 0 aromatic carbocycles. The second-order valence-corrected chi connectivity index (χ2v) is 3.30. The van der Waals surface area contributed by atoms with Gasteiger partial charge in [0.05, 0.1) is 0 Å². The van der Waals surface area contributed by atoms with Gasteiger partial charge in [-0.1, -0.05) is 19.1 Å². The molecule has 0 amide bonds. The molecule has 0 aromatic heterocycles. The summed E-state index contributed by atoms with van der Waals surface area (Å²) in [6, 6.07) is 0.382. The third-order valence-electron chi connectivity index (χ3n) is 2.31. The molecular weight excluding hydrogens is 150 g/mol. The summed E-state index contributed by atoms with van der Waals surface area (Å²) in [5.74, 6) is 0.196. The lowest BCUT2D eigenvalue weighted by molar-refractivity contribution is -0.111. The SMILES string of the molecule is CCCNC1CC=CCC1C=O. The van der Waals surface area contributed by atoms with Crippen molar-refractivity contribution in [1.82, 2.24) is 5.32 Å². The molecule has 1 aliphatic carbocycles. The van der Waals surface area contributed by atoms with Gasteiger partial charge in [-0.15, -0.1) is 0 Å². The minimum absolute atomic E-state index is 0.196. The topological polar surface area (TPSA) is 29.1 Å². The van der Waals surface area contributed by atoms with Gasteiger partial charge in [-0.05, 0) is 25.8 Å². The van der Waals surface area contributed by atoms with Gasteiger partial charge in [-0.25, -0.2) is 0 Å². The molecule has 2 atom stereocenters. The van der Waals surface area contributed by atoms with E-state index in [0.717, 1.165) is 32.1 Å². The van der Waals surface area contributed by atoms with E-state index in [2.05, 4.69) is 24.4 Å². The summed E-state index contributed by atoms with van der Waals surface area (Å²) >= 11 is 0. The molecule has 0 saturated carbocycles. The fourth-order valence-corrected chi connectivity index (χ4v) is 1.55. The van der Waals surface area contributed by atoms with Gasteiger partial charge >= 0.3 is 0 Å². The van der Waals surface area contributed by atoms with Crippen LogP contribution in [0.25, 0.3) is 0 Å². The molecule has 1 aliphatic rings. The summed E-state index contributed by atoms with van der Waals surface area (Å²) < 4.78 is 0. The van der Waals surface area contributed by atoms with Crippen LogP contribution in [0, 0.1) is 5.92 Å². The largest absolute Gasteiger partial charge is 0.313 e. The van der Waals surface area contributed by atoms with E-state index < -0.39 is 0 Å². The zero-order valence-electron chi connectivity index (χ0n) is 7.62. The number of nitrogens with one attached hydrogen (secondary N) is 1. The molecule has 0 fully saturated rings. The highest BCUT2D eigenvalue weighted by Gasteiger charge is 2.20. The number of hydrogen-bond acceptors (Lipinski definition) is 2. The Morgan fingerprint density at radius 3 is 2.92 bits per heavy atom. The number of rotatable bonds is 4. The van der Waals surface area contributed by atoms with Crippen molar-refractivity contribution < 1.29 is 4.79 Å². The first kappa shape index (κ1) is 9.46. The molecule has 2 unspecified atom stereocenters. The van der Waals surface area contributed by atoms with E-state index in [4.69, 9.17) is 0 Å². The maximum atomic E-state index is 10.7. The van der Waals surface area contributed by atoms with E-state index in [-0.39, 0.29) is 5.92 Å². The lowest BCUT2D eigenvalue weighted by atomic mass is 9.90. The first-order chi connectivity index (χ1) is 5.88. The van der Waals surface area contributed by atoms with Crippen LogP contribution in [0.1, 0.15) is 26.2 Å². The van der Waals surface area contributed by atoms with Gasteiger partial charge in [-0.3, -0.25) is 0 Å². The molecule has 0 radical (unpaired) electrons. The maximum absolute atomic E-state index is 10.7. The van der Waals surface area contributed by atoms with Crippen LogP contribution in [0.4, 0.5) is 0 Å². The summed E-state index contributed by atoms with van der Waals surface area (Å²) in [5, 5.41) is 3.39. The van der Waals surface area contributed by atoms with Crippen LogP contribution >= 0.6 is 0 Å². The van der Waals surface area contributed by atoms with Crippen LogP contribution in [0.5, 0.6) is 0 Å². The predicted octanol–water partition coefficient (Wildman–Crippen LogP) is 1.52. The molecule has 0 saturated heterocycles. The first-order valence-corrected chi connectivity index (χ1v) is 4.72. The van der Waals surface area contributed by atoms with Crippen molar-refractivity contribution in [1.29, 1.82) is 0 Å². The van der Waals surface area contributed by atoms with Crippen molar-refractivity contribution in [2.45, 2.75) is 32.2 Å². The van der Waals surface area contributed by atoms with E-state index in [1.807, 2.05) is 0 Å². The van der Waals surface area contributed by atoms with Crippen LogP contribution in [-0.4, -0.2) is 18.9 Å². The van der Waals surface area contributed by atoms with Crippen molar-refractivity contribution in [3.8, 4) is 0 Å². The van der Waals surface area contributed by atoms with Crippen molar-refractivity contribution in [3.05, 3.63) is 12.2 Å². The monoisotopic (exact) mass is 167 g/mol. The van der Waals surface area contributed by atoms with Crippen molar-refractivity contribution in [3.63, 3.8) is 0 Å². The first-order valence-electron chi connectivity index (χ1n) is 4.72. The molecule has 0 bridgehead atoms. The predicted molar refractivity (Wildman–Crippen MR) is 50.0 cm³/mol. The number of carbonyl (C=O) groups is 1. The van der Waals surface area contributed by atoms with Gasteiger partial charge in [0, 0.05) is 12.0 Å². The lowest BCUT2D eigenvalue weighted by Gasteiger charge is -2.24. The highest BCUT2D eigenvalue weighted by atomic mass is 16.1. The number of hydrogen-bond donors (Lipinski definition) is 1. The summed E-state index contributed by atoms with van der Waals surface area (Å²) in [7, 11) is 0. The number of carbonyl (C=O) groups excluding carboxylic acids is 1. The molecule has 12 heavy (non-hydrogen) atoms. The van der Waals surface area contributed by atoms with Crippen LogP contribution in [0.15, 0.2) is 12.2 Å². The Bertz CT molecular complexity index is 165. The summed E-state index contributed by atoms with van der Waals surface area (Å²) in [6.07, 6.45) is 8.38.